The number of hydrogen-bond donors (Lipinski definition) is 2. The van der Waals surface area contributed by atoms with Crippen molar-refractivity contribution in [1.29, 1.82) is 0 Å². The van der Waals surface area contributed by atoms with Gasteiger partial charge in [-0.2, -0.15) is 0 Å². The second kappa shape index (κ2) is 13.6. The lowest BCUT2D eigenvalue weighted by atomic mass is 9.99. The second-order valence-corrected chi connectivity index (χ2v) is 5.13. The Morgan fingerprint density at radius 3 is 2.65 bits per heavy atom. The van der Waals surface area contributed by atoms with E-state index >= 15 is 0 Å². The van der Waals surface area contributed by atoms with Crippen molar-refractivity contribution in [3.63, 3.8) is 0 Å². The van der Waals surface area contributed by atoms with Gasteiger partial charge in [-0.15, -0.1) is 24.0 Å². The number of aliphatic imine (C=N–C) groups is 1. The first-order valence-electron chi connectivity index (χ1n) is 8.22. The minimum atomic E-state index is 0. The third-order valence-corrected chi connectivity index (χ3v) is 3.60. The van der Waals surface area contributed by atoms with Crippen LogP contribution >= 0.6 is 24.0 Å². The summed E-state index contributed by atoms with van der Waals surface area (Å²) in [6, 6.07) is 2.03. The summed E-state index contributed by atoms with van der Waals surface area (Å²) in [6.07, 6.45) is 3.12. The van der Waals surface area contributed by atoms with Crippen LogP contribution in [-0.4, -0.2) is 37.9 Å². The fourth-order valence-electron chi connectivity index (χ4n) is 2.23. The molecular formula is C16H31IN4O2. The van der Waals surface area contributed by atoms with Gasteiger partial charge in [-0.25, -0.2) is 0 Å². The van der Waals surface area contributed by atoms with Crippen LogP contribution in [-0.2, 0) is 11.3 Å². The molecule has 0 spiro atoms. The van der Waals surface area contributed by atoms with Crippen molar-refractivity contribution in [3.8, 4) is 0 Å². The van der Waals surface area contributed by atoms with Crippen molar-refractivity contribution < 1.29 is 9.26 Å². The summed E-state index contributed by atoms with van der Waals surface area (Å²) in [6.45, 7) is 9.29. The van der Waals surface area contributed by atoms with E-state index in [9.17, 15) is 0 Å². The molecule has 0 atom stereocenters. The molecule has 0 bridgehead atoms. The van der Waals surface area contributed by atoms with E-state index in [2.05, 4.69) is 34.6 Å². The maximum absolute atomic E-state index is 5.39. The lowest BCUT2D eigenvalue weighted by Gasteiger charge is -2.10. The molecule has 0 unspecified atom stereocenters. The highest BCUT2D eigenvalue weighted by Crippen LogP contribution is 2.22. The number of nitrogens with zero attached hydrogens (tertiary/aromatic N) is 2. The van der Waals surface area contributed by atoms with Gasteiger partial charge in [0.05, 0.1) is 12.2 Å². The molecule has 0 aliphatic heterocycles. The minimum Gasteiger partial charge on any atom is -0.382 e. The number of rotatable bonds is 10. The van der Waals surface area contributed by atoms with E-state index in [1.54, 1.807) is 7.05 Å². The number of halogens is 1. The van der Waals surface area contributed by atoms with Crippen LogP contribution < -0.4 is 10.6 Å². The summed E-state index contributed by atoms with van der Waals surface area (Å²) in [5.74, 6) is 2.07. The van der Waals surface area contributed by atoms with Crippen molar-refractivity contribution in [2.24, 2.45) is 4.99 Å². The van der Waals surface area contributed by atoms with Crippen molar-refractivity contribution in [1.82, 2.24) is 15.8 Å². The third kappa shape index (κ3) is 8.55. The lowest BCUT2D eigenvalue weighted by molar-refractivity contribution is 0.145. The molecule has 6 nitrogen and oxygen atoms in total. The van der Waals surface area contributed by atoms with Gasteiger partial charge in [-0.1, -0.05) is 19.0 Å². The van der Waals surface area contributed by atoms with Gasteiger partial charge in [0.2, 0.25) is 0 Å². The van der Waals surface area contributed by atoms with Gasteiger partial charge in [-0.05, 0) is 26.2 Å². The third-order valence-electron chi connectivity index (χ3n) is 3.60. The fourth-order valence-corrected chi connectivity index (χ4v) is 2.23. The number of nitrogens with one attached hydrogen (secondary N) is 2. The summed E-state index contributed by atoms with van der Waals surface area (Å²) in [5.41, 5.74) is 1.04. The molecule has 0 saturated heterocycles. The molecule has 0 aromatic carbocycles. The van der Waals surface area contributed by atoms with Crippen molar-refractivity contribution in [3.05, 3.63) is 17.5 Å². The highest BCUT2D eigenvalue weighted by Gasteiger charge is 2.12. The SMILES string of the molecule is CCOCCCNC(=NC)NCc1cc(C(CC)CC)no1.I. The van der Waals surface area contributed by atoms with Crippen LogP contribution in [0.4, 0.5) is 0 Å². The summed E-state index contributed by atoms with van der Waals surface area (Å²) < 4.78 is 10.7. The largest absolute Gasteiger partial charge is 0.382 e. The molecular weight excluding hydrogens is 407 g/mol. The number of hydrogen-bond acceptors (Lipinski definition) is 4. The number of ether oxygens (including phenoxy) is 1. The van der Waals surface area contributed by atoms with E-state index in [1.165, 1.54) is 0 Å². The normalized spacial score (nSPS) is 11.4. The number of aromatic nitrogens is 1. The van der Waals surface area contributed by atoms with E-state index in [4.69, 9.17) is 9.26 Å². The summed E-state index contributed by atoms with van der Waals surface area (Å²) in [5, 5.41) is 10.6. The Hall–Kier alpha value is -0.830. The average Bonchev–Trinajstić information content (AvgIpc) is 3.00. The molecule has 0 fully saturated rings. The Balaban J connectivity index is 0.00000484. The summed E-state index contributed by atoms with van der Waals surface area (Å²) >= 11 is 0. The van der Waals surface area contributed by atoms with E-state index in [-0.39, 0.29) is 24.0 Å². The summed E-state index contributed by atoms with van der Waals surface area (Å²) in [4.78, 5) is 4.19. The Morgan fingerprint density at radius 2 is 2.04 bits per heavy atom. The zero-order valence-corrected chi connectivity index (χ0v) is 17.1. The first kappa shape index (κ1) is 22.2. The molecule has 0 amide bonds. The second-order valence-electron chi connectivity index (χ2n) is 5.13. The molecule has 7 heteroatoms. The van der Waals surface area contributed by atoms with Gasteiger partial charge in [0.25, 0.3) is 0 Å². The molecule has 0 aliphatic carbocycles. The molecule has 1 heterocycles. The molecule has 0 aliphatic rings. The predicted molar refractivity (Wildman–Crippen MR) is 105 cm³/mol. The van der Waals surface area contributed by atoms with E-state index < -0.39 is 0 Å². The topological polar surface area (TPSA) is 71.7 Å². The Morgan fingerprint density at radius 1 is 1.30 bits per heavy atom. The Kier molecular flexibility index (Phi) is 13.1. The van der Waals surface area contributed by atoms with Gasteiger partial charge in [0, 0.05) is 38.8 Å². The maximum Gasteiger partial charge on any atom is 0.191 e. The minimum absolute atomic E-state index is 0. The summed E-state index contributed by atoms with van der Waals surface area (Å²) in [7, 11) is 1.76. The highest BCUT2D eigenvalue weighted by molar-refractivity contribution is 14.0. The fraction of sp³-hybridized carbons (Fsp3) is 0.750. The molecule has 134 valence electrons. The first-order chi connectivity index (χ1) is 10.7. The zero-order valence-electron chi connectivity index (χ0n) is 14.7. The van der Waals surface area contributed by atoms with E-state index in [0.717, 1.165) is 56.4 Å². The molecule has 0 saturated carbocycles. The van der Waals surface area contributed by atoms with Crippen LogP contribution in [0.5, 0.6) is 0 Å². The standard InChI is InChI=1S/C16H30N4O2.HI/c1-5-13(6-2)15-11-14(22-20-15)12-19-16(17-4)18-9-8-10-21-7-3;/h11,13H,5-10,12H2,1-4H3,(H2,17,18,19);1H. The predicted octanol–water partition coefficient (Wildman–Crippen LogP) is 3.29. The zero-order chi connectivity index (χ0) is 16.2. The van der Waals surface area contributed by atoms with Gasteiger partial charge >= 0.3 is 0 Å². The maximum atomic E-state index is 5.39. The van der Waals surface area contributed by atoms with Gasteiger partial charge < -0.3 is 19.9 Å². The molecule has 2 N–H and O–H groups in total. The molecule has 1 aromatic heterocycles. The van der Waals surface area contributed by atoms with Crippen LogP contribution in [0.1, 0.15) is 57.4 Å². The Bertz CT molecular complexity index is 433. The Labute approximate surface area is 156 Å². The molecule has 0 radical (unpaired) electrons. The average molecular weight is 438 g/mol. The van der Waals surface area contributed by atoms with Gasteiger partial charge in [0.1, 0.15) is 0 Å². The smallest absolute Gasteiger partial charge is 0.191 e. The van der Waals surface area contributed by atoms with Crippen molar-refractivity contribution in [2.45, 2.75) is 52.5 Å². The van der Waals surface area contributed by atoms with E-state index in [0.29, 0.717) is 12.5 Å². The van der Waals surface area contributed by atoms with E-state index in [1.807, 2.05) is 13.0 Å². The van der Waals surface area contributed by atoms with Crippen molar-refractivity contribution in [2.75, 3.05) is 26.8 Å². The lowest BCUT2D eigenvalue weighted by Crippen LogP contribution is -2.37. The highest BCUT2D eigenvalue weighted by atomic mass is 127. The monoisotopic (exact) mass is 438 g/mol. The van der Waals surface area contributed by atoms with Crippen LogP contribution in [0.15, 0.2) is 15.6 Å². The van der Waals surface area contributed by atoms with Crippen LogP contribution in [0, 0.1) is 0 Å². The molecule has 1 aromatic rings. The quantitative estimate of drug-likeness (QED) is 0.254. The number of guanidine groups is 1. The van der Waals surface area contributed by atoms with Crippen LogP contribution in [0.25, 0.3) is 0 Å². The van der Waals surface area contributed by atoms with Crippen molar-refractivity contribution >= 4 is 29.9 Å². The molecule has 1 rings (SSSR count). The first-order valence-corrected chi connectivity index (χ1v) is 8.22. The molecule has 23 heavy (non-hydrogen) atoms. The van der Waals surface area contributed by atoms with Gasteiger partial charge in [-0.3, -0.25) is 4.99 Å². The van der Waals surface area contributed by atoms with Crippen LogP contribution in [0.3, 0.4) is 0 Å². The van der Waals surface area contributed by atoms with Gasteiger partial charge in [0.15, 0.2) is 11.7 Å². The van der Waals surface area contributed by atoms with Crippen LogP contribution in [0.2, 0.25) is 0 Å².